The largest absolute Gasteiger partial charge is 0.392 e. The molecule has 1 aromatic heterocycles. The maximum atomic E-state index is 9.26. The Labute approximate surface area is 113 Å². The molecule has 1 aliphatic rings. The molecule has 3 rings (SSSR count). The molecule has 3 nitrogen and oxygen atoms in total. The molecule has 0 fully saturated rings. The van der Waals surface area contributed by atoms with Gasteiger partial charge >= 0.3 is 0 Å². The third-order valence-electron chi connectivity index (χ3n) is 3.61. The Morgan fingerprint density at radius 3 is 3.00 bits per heavy atom. The molecule has 1 N–H and O–H groups in total. The van der Waals surface area contributed by atoms with Gasteiger partial charge in [0.05, 0.1) is 6.61 Å². The molecule has 0 saturated heterocycles. The third kappa shape index (κ3) is 2.34. The van der Waals surface area contributed by atoms with Gasteiger partial charge in [-0.2, -0.15) is 0 Å². The van der Waals surface area contributed by atoms with Gasteiger partial charge in [0.1, 0.15) is 5.82 Å². The Kier molecular flexibility index (Phi) is 3.22. The second-order valence-electron chi connectivity index (χ2n) is 5.23. The summed E-state index contributed by atoms with van der Waals surface area (Å²) in [5.74, 6) is 1.53. The van der Waals surface area contributed by atoms with Crippen molar-refractivity contribution in [3.8, 4) is 0 Å². The standard InChI is InChI=1S/C16H18N2O/c1-12-8-14-4-2-3-5-15(14)18(10-12)16-9-13(11-19)6-7-17-16/h2-7,9,12,19H,8,10-11H2,1H3. The summed E-state index contributed by atoms with van der Waals surface area (Å²) in [6.07, 6.45) is 2.88. The van der Waals surface area contributed by atoms with Gasteiger partial charge in [-0.05, 0) is 41.7 Å². The van der Waals surface area contributed by atoms with Crippen LogP contribution in [0.5, 0.6) is 0 Å². The molecule has 0 spiro atoms. The summed E-state index contributed by atoms with van der Waals surface area (Å²) in [7, 11) is 0. The van der Waals surface area contributed by atoms with E-state index in [0.717, 1.165) is 24.3 Å². The molecule has 2 heterocycles. The lowest BCUT2D eigenvalue weighted by Crippen LogP contribution is -2.31. The summed E-state index contributed by atoms with van der Waals surface area (Å²) in [6, 6.07) is 12.3. The number of hydrogen-bond donors (Lipinski definition) is 1. The van der Waals surface area contributed by atoms with Gasteiger partial charge in [-0.3, -0.25) is 0 Å². The minimum atomic E-state index is 0.0561. The van der Waals surface area contributed by atoms with Crippen LogP contribution in [0, 0.1) is 5.92 Å². The summed E-state index contributed by atoms with van der Waals surface area (Å²) in [5.41, 5.74) is 3.52. The normalized spacial score (nSPS) is 18.2. The monoisotopic (exact) mass is 254 g/mol. The highest BCUT2D eigenvalue weighted by molar-refractivity contribution is 5.65. The van der Waals surface area contributed by atoms with E-state index in [-0.39, 0.29) is 6.61 Å². The van der Waals surface area contributed by atoms with Crippen molar-refractivity contribution in [2.24, 2.45) is 5.92 Å². The number of rotatable bonds is 2. The van der Waals surface area contributed by atoms with E-state index in [1.54, 1.807) is 6.20 Å². The fraction of sp³-hybridized carbons (Fsp3) is 0.312. The van der Waals surface area contributed by atoms with E-state index < -0.39 is 0 Å². The molecule has 1 atom stereocenters. The number of hydrogen-bond acceptors (Lipinski definition) is 3. The van der Waals surface area contributed by atoms with E-state index in [9.17, 15) is 5.11 Å². The first-order chi connectivity index (χ1) is 9.28. The lowest BCUT2D eigenvalue weighted by Gasteiger charge is -2.34. The van der Waals surface area contributed by atoms with Crippen molar-refractivity contribution in [1.82, 2.24) is 4.98 Å². The van der Waals surface area contributed by atoms with E-state index in [0.29, 0.717) is 5.92 Å². The second-order valence-corrected chi connectivity index (χ2v) is 5.23. The van der Waals surface area contributed by atoms with Gasteiger partial charge < -0.3 is 10.0 Å². The first-order valence-electron chi connectivity index (χ1n) is 6.69. The molecule has 1 aromatic carbocycles. The molecule has 2 aromatic rings. The van der Waals surface area contributed by atoms with Gasteiger partial charge in [-0.15, -0.1) is 0 Å². The number of aliphatic hydroxyl groups excluding tert-OH is 1. The number of nitrogens with zero attached hydrogens (tertiary/aromatic N) is 2. The van der Waals surface area contributed by atoms with E-state index in [4.69, 9.17) is 0 Å². The molecule has 19 heavy (non-hydrogen) atoms. The van der Waals surface area contributed by atoms with E-state index in [1.165, 1.54) is 11.3 Å². The molecular formula is C16H18N2O. The van der Waals surface area contributed by atoms with Crippen molar-refractivity contribution in [2.45, 2.75) is 20.0 Å². The van der Waals surface area contributed by atoms with Gasteiger partial charge in [0.15, 0.2) is 0 Å². The van der Waals surface area contributed by atoms with Gasteiger partial charge in [0, 0.05) is 18.4 Å². The summed E-state index contributed by atoms with van der Waals surface area (Å²) in [5, 5.41) is 9.26. The van der Waals surface area contributed by atoms with Crippen molar-refractivity contribution < 1.29 is 5.11 Å². The van der Waals surface area contributed by atoms with Crippen molar-refractivity contribution in [3.05, 3.63) is 53.7 Å². The second kappa shape index (κ2) is 5.02. The number of aromatic nitrogens is 1. The van der Waals surface area contributed by atoms with Crippen LogP contribution in [0.3, 0.4) is 0 Å². The first kappa shape index (κ1) is 12.2. The van der Waals surface area contributed by atoms with Gasteiger partial charge in [-0.25, -0.2) is 4.98 Å². The van der Waals surface area contributed by atoms with Gasteiger partial charge in [-0.1, -0.05) is 25.1 Å². The summed E-state index contributed by atoms with van der Waals surface area (Å²) >= 11 is 0. The van der Waals surface area contributed by atoms with Gasteiger partial charge in [0.25, 0.3) is 0 Å². The predicted octanol–water partition coefficient (Wildman–Crippen LogP) is 2.90. The maximum Gasteiger partial charge on any atom is 0.133 e. The summed E-state index contributed by atoms with van der Waals surface area (Å²) in [4.78, 5) is 6.71. The zero-order chi connectivity index (χ0) is 13.2. The SMILES string of the molecule is CC1Cc2ccccc2N(c2cc(CO)ccn2)C1. The molecular weight excluding hydrogens is 236 g/mol. The van der Waals surface area contributed by atoms with E-state index >= 15 is 0 Å². The Hall–Kier alpha value is -1.87. The third-order valence-corrected chi connectivity index (χ3v) is 3.61. The molecule has 0 aliphatic carbocycles. The minimum absolute atomic E-state index is 0.0561. The van der Waals surface area contributed by atoms with Crippen molar-refractivity contribution in [1.29, 1.82) is 0 Å². The Bertz CT molecular complexity index is 582. The first-order valence-corrected chi connectivity index (χ1v) is 6.69. The quantitative estimate of drug-likeness (QED) is 0.895. The Morgan fingerprint density at radius 2 is 2.16 bits per heavy atom. The average molecular weight is 254 g/mol. The van der Waals surface area contributed by atoms with Crippen molar-refractivity contribution >= 4 is 11.5 Å². The van der Waals surface area contributed by atoms with Crippen molar-refractivity contribution in [3.63, 3.8) is 0 Å². The molecule has 1 aliphatic heterocycles. The topological polar surface area (TPSA) is 36.4 Å². The van der Waals surface area contributed by atoms with Gasteiger partial charge in [0.2, 0.25) is 0 Å². The summed E-state index contributed by atoms with van der Waals surface area (Å²) < 4.78 is 0. The minimum Gasteiger partial charge on any atom is -0.392 e. The molecule has 0 bridgehead atoms. The molecule has 0 saturated carbocycles. The van der Waals surface area contributed by atoms with Crippen LogP contribution in [0.15, 0.2) is 42.6 Å². The van der Waals surface area contributed by atoms with E-state index in [2.05, 4.69) is 41.1 Å². The summed E-state index contributed by atoms with van der Waals surface area (Å²) in [6.45, 7) is 3.29. The van der Waals surface area contributed by atoms with Crippen LogP contribution in [-0.4, -0.2) is 16.6 Å². The molecule has 98 valence electrons. The van der Waals surface area contributed by atoms with Crippen molar-refractivity contribution in [2.75, 3.05) is 11.4 Å². The van der Waals surface area contributed by atoms with Crippen LogP contribution >= 0.6 is 0 Å². The Morgan fingerprint density at radius 1 is 1.32 bits per heavy atom. The van der Waals surface area contributed by atoms with Crippen LogP contribution in [-0.2, 0) is 13.0 Å². The lowest BCUT2D eigenvalue weighted by molar-refractivity contribution is 0.281. The van der Waals surface area contributed by atoms with Crippen LogP contribution in [0.25, 0.3) is 0 Å². The smallest absolute Gasteiger partial charge is 0.133 e. The molecule has 1 unspecified atom stereocenters. The highest BCUT2D eigenvalue weighted by atomic mass is 16.3. The molecule has 0 amide bonds. The van der Waals surface area contributed by atoms with Crippen LogP contribution in [0.2, 0.25) is 0 Å². The number of benzene rings is 1. The fourth-order valence-electron chi connectivity index (χ4n) is 2.72. The van der Waals surface area contributed by atoms with Crippen LogP contribution in [0.1, 0.15) is 18.1 Å². The number of para-hydroxylation sites is 1. The maximum absolute atomic E-state index is 9.26. The average Bonchev–Trinajstić information content (AvgIpc) is 2.46. The zero-order valence-electron chi connectivity index (χ0n) is 11.1. The van der Waals surface area contributed by atoms with Crippen LogP contribution in [0.4, 0.5) is 11.5 Å². The highest BCUT2D eigenvalue weighted by Gasteiger charge is 2.23. The lowest BCUT2D eigenvalue weighted by atomic mass is 9.94. The van der Waals surface area contributed by atoms with E-state index in [1.807, 2.05) is 12.1 Å². The highest BCUT2D eigenvalue weighted by Crippen LogP contribution is 2.34. The number of aliphatic hydroxyl groups is 1. The predicted molar refractivity (Wildman–Crippen MR) is 76.5 cm³/mol. The molecule has 0 radical (unpaired) electrons. The number of pyridine rings is 1. The Balaban J connectivity index is 2.04. The van der Waals surface area contributed by atoms with Crippen LogP contribution < -0.4 is 4.90 Å². The number of anilines is 2. The zero-order valence-corrected chi connectivity index (χ0v) is 11.1. The molecule has 3 heteroatoms. The fourth-order valence-corrected chi connectivity index (χ4v) is 2.72. The number of fused-ring (bicyclic) bond motifs is 1.